The Morgan fingerprint density at radius 3 is 2.31 bits per heavy atom. The zero-order chi connectivity index (χ0) is 24.9. The van der Waals surface area contributed by atoms with Gasteiger partial charge in [-0.15, -0.1) is 0 Å². The predicted octanol–water partition coefficient (Wildman–Crippen LogP) is 3.17. The molecule has 35 heavy (non-hydrogen) atoms. The maximum atomic E-state index is 13.2. The van der Waals surface area contributed by atoms with Crippen LogP contribution in [-0.4, -0.2) is 79.3 Å². The first-order chi connectivity index (χ1) is 16.8. The summed E-state index contributed by atoms with van der Waals surface area (Å²) in [6.45, 7) is 1.62. The number of nitrogens with one attached hydrogen (secondary N) is 1. The quantitative estimate of drug-likeness (QED) is 0.573. The van der Waals surface area contributed by atoms with Gasteiger partial charge in [-0.05, 0) is 55.1 Å². The van der Waals surface area contributed by atoms with Crippen molar-refractivity contribution < 1.29 is 24.2 Å². The molecule has 8 nitrogen and oxygen atoms in total. The largest absolute Gasteiger partial charge is 0.481 e. The van der Waals surface area contributed by atoms with Gasteiger partial charge in [-0.3, -0.25) is 9.59 Å². The first-order valence-electron chi connectivity index (χ1n) is 12.1. The molecule has 1 saturated heterocycles. The molecule has 0 bridgehead atoms. The van der Waals surface area contributed by atoms with Crippen molar-refractivity contribution in [3.63, 3.8) is 0 Å². The highest BCUT2D eigenvalue weighted by atomic mass is 16.5. The number of rotatable bonds is 9. The monoisotopic (exact) mass is 479 g/mol. The highest BCUT2D eigenvalue weighted by Crippen LogP contribution is 2.44. The van der Waals surface area contributed by atoms with Crippen molar-refractivity contribution in [3.8, 4) is 11.1 Å². The molecule has 2 unspecified atom stereocenters. The number of carboxylic acids is 1. The first kappa shape index (κ1) is 24.7. The second kappa shape index (κ2) is 10.9. The van der Waals surface area contributed by atoms with Crippen molar-refractivity contribution in [1.29, 1.82) is 0 Å². The standard InChI is InChI=1S/C27H33N3O5/c1-29(2)16-24(26(33)30-14-13-18(15-30)11-12-25(31)32)28-27(34)35-17-23-21-9-5-3-7-19(21)20-8-4-6-10-22(20)23/h3-10,18,23-24H,11-17H2,1-2H3,(H,28,34)(H,31,32). The highest BCUT2D eigenvalue weighted by molar-refractivity contribution is 5.86. The third-order valence-electron chi connectivity index (χ3n) is 6.85. The van der Waals surface area contributed by atoms with E-state index < -0.39 is 18.1 Å². The van der Waals surface area contributed by atoms with Gasteiger partial charge in [-0.25, -0.2) is 4.79 Å². The van der Waals surface area contributed by atoms with Gasteiger partial charge in [0.15, 0.2) is 0 Å². The lowest BCUT2D eigenvalue weighted by molar-refractivity contribution is -0.137. The topological polar surface area (TPSA) is 99.2 Å². The Morgan fingerprint density at radius 1 is 1.09 bits per heavy atom. The molecule has 0 saturated carbocycles. The van der Waals surface area contributed by atoms with Crippen LogP contribution in [0.3, 0.4) is 0 Å². The number of aliphatic carboxylic acids is 1. The van der Waals surface area contributed by atoms with E-state index in [1.165, 1.54) is 0 Å². The van der Waals surface area contributed by atoms with E-state index >= 15 is 0 Å². The predicted molar refractivity (Wildman–Crippen MR) is 132 cm³/mol. The van der Waals surface area contributed by atoms with Gasteiger partial charge in [0, 0.05) is 32.0 Å². The van der Waals surface area contributed by atoms with E-state index in [2.05, 4.69) is 29.6 Å². The van der Waals surface area contributed by atoms with E-state index in [-0.39, 0.29) is 30.8 Å². The summed E-state index contributed by atoms with van der Waals surface area (Å²) in [6, 6.07) is 15.5. The van der Waals surface area contributed by atoms with Crippen molar-refractivity contribution in [1.82, 2.24) is 15.1 Å². The number of hydrogen-bond acceptors (Lipinski definition) is 5. The molecule has 4 rings (SSSR count). The molecule has 2 aliphatic rings. The lowest BCUT2D eigenvalue weighted by Crippen LogP contribution is -2.52. The summed E-state index contributed by atoms with van der Waals surface area (Å²) in [7, 11) is 3.69. The average molecular weight is 480 g/mol. The molecule has 0 radical (unpaired) electrons. The molecule has 1 aliphatic carbocycles. The lowest BCUT2D eigenvalue weighted by atomic mass is 9.98. The Hall–Kier alpha value is -3.39. The minimum absolute atomic E-state index is 0.0512. The molecule has 0 spiro atoms. The minimum Gasteiger partial charge on any atom is -0.481 e. The second-order valence-corrected chi connectivity index (χ2v) is 9.66. The van der Waals surface area contributed by atoms with Gasteiger partial charge in [0.05, 0.1) is 0 Å². The van der Waals surface area contributed by atoms with Crippen LogP contribution in [0.1, 0.15) is 36.3 Å². The van der Waals surface area contributed by atoms with E-state index in [1.807, 2.05) is 43.3 Å². The van der Waals surface area contributed by atoms with Crippen molar-refractivity contribution in [2.24, 2.45) is 5.92 Å². The molecule has 8 heteroatoms. The van der Waals surface area contributed by atoms with E-state index in [1.54, 1.807) is 4.90 Å². The number of ether oxygens (including phenoxy) is 1. The normalized spacial score (nSPS) is 17.7. The first-order valence-corrected chi connectivity index (χ1v) is 12.1. The molecule has 2 amide bonds. The van der Waals surface area contributed by atoms with Crippen molar-refractivity contribution in [3.05, 3.63) is 59.7 Å². The molecule has 2 aromatic rings. The highest BCUT2D eigenvalue weighted by Gasteiger charge is 2.33. The molecular weight excluding hydrogens is 446 g/mol. The van der Waals surface area contributed by atoms with E-state index in [0.717, 1.165) is 28.7 Å². The number of likely N-dealkylation sites (tertiary alicyclic amines) is 1. The van der Waals surface area contributed by atoms with Crippen molar-refractivity contribution >= 4 is 18.0 Å². The molecule has 1 fully saturated rings. The number of carbonyl (C=O) groups is 3. The summed E-state index contributed by atoms with van der Waals surface area (Å²) in [6.07, 6.45) is 0.815. The van der Waals surface area contributed by atoms with E-state index in [0.29, 0.717) is 26.1 Å². The summed E-state index contributed by atoms with van der Waals surface area (Å²) in [4.78, 5) is 40.4. The summed E-state index contributed by atoms with van der Waals surface area (Å²) < 4.78 is 5.65. The maximum Gasteiger partial charge on any atom is 0.407 e. The van der Waals surface area contributed by atoms with Crippen LogP contribution in [0.5, 0.6) is 0 Å². The smallest absolute Gasteiger partial charge is 0.407 e. The summed E-state index contributed by atoms with van der Waals surface area (Å²) >= 11 is 0. The fourth-order valence-electron chi connectivity index (χ4n) is 5.15. The van der Waals surface area contributed by atoms with Crippen LogP contribution in [0.4, 0.5) is 4.79 Å². The van der Waals surface area contributed by atoms with Crippen LogP contribution in [0.15, 0.2) is 48.5 Å². The molecule has 2 atom stereocenters. The maximum absolute atomic E-state index is 13.2. The number of nitrogens with zero attached hydrogens (tertiary/aromatic N) is 2. The van der Waals surface area contributed by atoms with Crippen molar-refractivity contribution in [2.75, 3.05) is 40.3 Å². The number of likely N-dealkylation sites (N-methyl/N-ethyl adjacent to an activating group) is 1. The molecule has 1 heterocycles. The fraction of sp³-hybridized carbons (Fsp3) is 0.444. The summed E-state index contributed by atoms with van der Waals surface area (Å²) in [5.74, 6) is -0.864. The summed E-state index contributed by atoms with van der Waals surface area (Å²) in [5, 5.41) is 11.7. The van der Waals surface area contributed by atoms with Gasteiger partial charge in [-0.2, -0.15) is 0 Å². The number of amides is 2. The van der Waals surface area contributed by atoms with Gasteiger partial charge in [-0.1, -0.05) is 48.5 Å². The zero-order valence-corrected chi connectivity index (χ0v) is 20.3. The fourth-order valence-corrected chi connectivity index (χ4v) is 5.15. The van der Waals surface area contributed by atoms with Crippen molar-refractivity contribution in [2.45, 2.75) is 31.2 Å². The SMILES string of the molecule is CN(C)CC(NC(=O)OCC1c2ccccc2-c2ccccc21)C(=O)N1CCC(CCC(=O)O)C1. The second-order valence-electron chi connectivity index (χ2n) is 9.66. The molecular formula is C27H33N3O5. The third-order valence-corrected chi connectivity index (χ3v) is 6.85. The summed E-state index contributed by atoms with van der Waals surface area (Å²) in [5.41, 5.74) is 4.58. The van der Waals surface area contributed by atoms with E-state index in [4.69, 9.17) is 9.84 Å². The van der Waals surface area contributed by atoms with Crippen LogP contribution < -0.4 is 5.32 Å². The number of hydrogen-bond donors (Lipinski definition) is 2. The number of alkyl carbamates (subject to hydrolysis) is 1. The number of carbonyl (C=O) groups excluding carboxylic acids is 2. The van der Waals surface area contributed by atoms with Crippen LogP contribution in [0.2, 0.25) is 0 Å². The van der Waals surface area contributed by atoms with Gasteiger partial charge in [0.1, 0.15) is 12.6 Å². The van der Waals surface area contributed by atoms with Crippen LogP contribution in [0.25, 0.3) is 11.1 Å². The Kier molecular flexibility index (Phi) is 7.70. The van der Waals surface area contributed by atoms with Crippen LogP contribution >= 0.6 is 0 Å². The van der Waals surface area contributed by atoms with Gasteiger partial charge in [0.25, 0.3) is 0 Å². The molecule has 186 valence electrons. The minimum atomic E-state index is -0.822. The molecule has 1 aliphatic heterocycles. The van der Waals surface area contributed by atoms with Gasteiger partial charge >= 0.3 is 12.1 Å². The number of fused-ring (bicyclic) bond motifs is 3. The zero-order valence-electron chi connectivity index (χ0n) is 20.3. The Balaban J connectivity index is 1.37. The van der Waals surface area contributed by atoms with Crippen LogP contribution in [-0.2, 0) is 14.3 Å². The lowest BCUT2D eigenvalue weighted by Gasteiger charge is -2.26. The van der Waals surface area contributed by atoms with E-state index in [9.17, 15) is 14.4 Å². The Bertz CT molecular complexity index is 1040. The molecule has 2 aromatic carbocycles. The number of carboxylic acid groups (broad SMARTS) is 1. The third kappa shape index (κ3) is 5.82. The molecule has 0 aromatic heterocycles. The molecule has 2 N–H and O–H groups in total. The Morgan fingerprint density at radius 2 is 1.71 bits per heavy atom. The Labute approximate surface area is 205 Å². The van der Waals surface area contributed by atoms with Gasteiger partial charge < -0.3 is 25.0 Å². The van der Waals surface area contributed by atoms with Crippen LogP contribution in [0, 0.1) is 5.92 Å². The van der Waals surface area contributed by atoms with Gasteiger partial charge in [0.2, 0.25) is 5.91 Å². The number of benzene rings is 2. The average Bonchev–Trinajstić information content (AvgIpc) is 3.43.